The maximum Gasteiger partial charge on any atom is 0.264 e. The highest BCUT2D eigenvalue weighted by Gasteiger charge is 2.37. The van der Waals surface area contributed by atoms with Crippen LogP contribution in [0.15, 0.2) is 133 Å². The quantitative estimate of drug-likeness (QED) is 0.302. The third kappa shape index (κ3) is 6.05. The first-order valence-corrected chi connectivity index (χ1v) is 15.1. The highest BCUT2D eigenvalue weighted by atomic mass is 35.7. The van der Waals surface area contributed by atoms with Gasteiger partial charge in [0, 0.05) is 7.05 Å². The Morgan fingerprint density at radius 2 is 1.14 bits per heavy atom. The first-order chi connectivity index (χ1) is 17.1. The minimum atomic E-state index is -4.94. The molecule has 5 rings (SSSR count). The van der Waals surface area contributed by atoms with Crippen LogP contribution in [0.5, 0.6) is 0 Å². The van der Waals surface area contributed by atoms with Crippen molar-refractivity contribution in [2.75, 3.05) is 11.4 Å². The van der Waals surface area contributed by atoms with E-state index in [9.17, 15) is 8.42 Å². The van der Waals surface area contributed by atoms with E-state index >= 15 is 0 Å². The Morgan fingerprint density at radius 1 is 0.694 bits per heavy atom. The van der Waals surface area contributed by atoms with Crippen LogP contribution in [0.4, 0.5) is 5.69 Å². The zero-order valence-electron chi connectivity index (χ0n) is 18.8. The van der Waals surface area contributed by atoms with Crippen LogP contribution in [0.25, 0.3) is 0 Å². The van der Waals surface area contributed by atoms with Crippen LogP contribution in [-0.4, -0.2) is 15.5 Å². The lowest BCUT2D eigenvalue weighted by molar-refractivity contribution is -2.00. The van der Waals surface area contributed by atoms with Gasteiger partial charge in [0.05, 0.1) is 20.4 Å². The Kier molecular flexibility index (Phi) is 7.98. The van der Waals surface area contributed by atoms with Crippen molar-refractivity contribution < 1.29 is 37.3 Å². The molecular weight excluding hydrogens is 542 g/mol. The summed E-state index contributed by atoms with van der Waals surface area (Å²) in [7, 11) is -7.17. The maximum atomic E-state index is 13.0. The van der Waals surface area contributed by atoms with E-state index in [0.29, 0.717) is 5.69 Å². The van der Waals surface area contributed by atoms with Crippen LogP contribution in [0.1, 0.15) is 0 Å². The Hall–Kier alpha value is -2.54. The summed E-state index contributed by atoms with van der Waals surface area (Å²) in [5.74, 6) is 0. The lowest BCUT2D eigenvalue weighted by Gasteiger charge is -2.21. The Balaban J connectivity index is 0.000000556. The number of halogens is 1. The van der Waals surface area contributed by atoms with Gasteiger partial charge >= 0.3 is 0 Å². The molecule has 0 atom stereocenters. The number of sulfonamides is 1. The second-order valence-electron chi connectivity index (χ2n) is 7.46. The number of hydrogen-bond acceptors (Lipinski definition) is 7. The highest BCUT2D eigenvalue weighted by Crippen LogP contribution is 2.48. The molecule has 1 aliphatic rings. The minimum absolute atomic E-state index is 0.225. The lowest BCUT2D eigenvalue weighted by atomic mass is 10.3. The van der Waals surface area contributed by atoms with Crippen LogP contribution >= 0.6 is 11.8 Å². The SMILES string of the molecule is CN(c1ccc([S+]2c3ccccc3Sc3ccccc32)cc1)S(=O)(=O)c1ccccc1.[O-][Cl+3]([O-])([O-])[O-]. The molecule has 0 amide bonds. The molecule has 0 aromatic heterocycles. The van der Waals surface area contributed by atoms with Gasteiger partial charge in [-0.1, -0.05) is 54.2 Å². The standard InChI is InChI=1S/C25H20NO2S3.ClHO4/c1-26(31(27,28)21-9-3-2-4-10-21)19-15-17-20(18-16-19)30-24-13-7-5-11-22(24)29-23-12-6-8-14-25(23)30;2-1(3,4)5/h2-18H,1H3;(H,2,3,4,5)/q+1;/p-1. The van der Waals surface area contributed by atoms with Gasteiger partial charge < -0.3 is 0 Å². The average Bonchev–Trinajstić information content (AvgIpc) is 2.86. The van der Waals surface area contributed by atoms with Gasteiger partial charge in [-0.3, -0.25) is 4.31 Å². The molecule has 0 fully saturated rings. The second kappa shape index (κ2) is 10.8. The van der Waals surface area contributed by atoms with E-state index in [0.717, 1.165) is 0 Å². The summed E-state index contributed by atoms with van der Waals surface area (Å²) in [5, 5.41) is 0. The molecule has 0 unspecified atom stereocenters. The van der Waals surface area contributed by atoms with Crippen molar-refractivity contribution in [3.05, 3.63) is 103 Å². The van der Waals surface area contributed by atoms with Crippen molar-refractivity contribution in [2.45, 2.75) is 29.4 Å². The molecule has 0 spiro atoms. The van der Waals surface area contributed by atoms with Crippen LogP contribution < -0.4 is 22.9 Å². The predicted octanol–water partition coefficient (Wildman–Crippen LogP) is 1.32. The molecule has 0 bridgehead atoms. The van der Waals surface area contributed by atoms with E-state index in [1.165, 1.54) is 28.8 Å². The number of nitrogens with zero attached hydrogens (tertiary/aromatic N) is 1. The van der Waals surface area contributed by atoms with Gasteiger partial charge in [0.15, 0.2) is 14.7 Å². The molecule has 1 heterocycles. The summed E-state index contributed by atoms with van der Waals surface area (Å²) in [5.41, 5.74) is 0.643. The first-order valence-electron chi connectivity index (χ1n) is 10.4. The number of benzene rings is 4. The van der Waals surface area contributed by atoms with E-state index in [1.54, 1.807) is 31.3 Å². The van der Waals surface area contributed by atoms with Gasteiger partial charge in [0.25, 0.3) is 10.0 Å². The molecule has 0 radical (unpaired) electrons. The van der Waals surface area contributed by atoms with Crippen molar-refractivity contribution in [1.82, 2.24) is 0 Å². The maximum absolute atomic E-state index is 13.0. The Morgan fingerprint density at radius 3 is 1.64 bits per heavy atom. The zero-order valence-corrected chi connectivity index (χ0v) is 22.0. The number of hydrogen-bond donors (Lipinski definition) is 0. The third-order valence-electron chi connectivity index (χ3n) is 5.20. The van der Waals surface area contributed by atoms with Gasteiger partial charge in [0.2, 0.25) is 0 Å². The van der Waals surface area contributed by atoms with Gasteiger partial charge in [-0.25, -0.2) is 27.1 Å². The first kappa shape index (κ1) is 26.5. The second-order valence-corrected chi connectivity index (χ2v) is 13.2. The number of anilines is 1. The monoisotopic (exact) mass is 561 g/mol. The zero-order chi connectivity index (χ0) is 25.9. The van der Waals surface area contributed by atoms with Crippen molar-refractivity contribution in [3.8, 4) is 0 Å². The average molecular weight is 562 g/mol. The molecule has 4 aromatic carbocycles. The lowest BCUT2D eigenvalue weighted by Crippen LogP contribution is -2.68. The summed E-state index contributed by atoms with van der Waals surface area (Å²) in [6.07, 6.45) is 0. The largest absolute Gasteiger partial charge is 0.269 e. The van der Waals surface area contributed by atoms with E-state index in [1.807, 2.05) is 30.0 Å². The fraction of sp³-hybridized carbons (Fsp3) is 0.0400. The summed E-state index contributed by atoms with van der Waals surface area (Å²) in [6.45, 7) is 0. The smallest absolute Gasteiger partial charge is 0.264 e. The van der Waals surface area contributed by atoms with Crippen LogP contribution in [0.3, 0.4) is 0 Å². The molecule has 1 aliphatic heterocycles. The third-order valence-corrected chi connectivity index (χ3v) is 10.7. The van der Waals surface area contributed by atoms with E-state index in [-0.39, 0.29) is 15.8 Å². The molecular formula is C25H20ClNO6S3. The van der Waals surface area contributed by atoms with Crippen LogP contribution in [-0.2, 0) is 20.9 Å². The summed E-state index contributed by atoms with van der Waals surface area (Å²) in [6, 6.07) is 33.5. The van der Waals surface area contributed by atoms with E-state index < -0.39 is 20.3 Å². The van der Waals surface area contributed by atoms with Gasteiger partial charge in [-0.2, -0.15) is 0 Å². The molecule has 11 heteroatoms. The topological polar surface area (TPSA) is 130 Å². The molecule has 7 nitrogen and oxygen atoms in total. The minimum Gasteiger partial charge on any atom is -0.269 e. The molecule has 0 N–H and O–H groups in total. The predicted molar refractivity (Wildman–Crippen MR) is 128 cm³/mol. The molecule has 36 heavy (non-hydrogen) atoms. The molecule has 0 aliphatic carbocycles. The molecule has 186 valence electrons. The van der Waals surface area contributed by atoms with Crippen molar-refractivity contribution >= 4 is 38.4 Å². The summed E-state index contributed by atoms with van der Waals surface area (Å²) >= 11 is 1.81. The molecule has 0 saturated carbocycles. The van der Waals surface area contributed by atoms with E-state index in [2.05, 4.69) is 60.7 Å². The summed E-state index contributed by atoms with van der Waals surface area (Å²) in [4.78, 5) is 6.63. The van der Waals surface area contributed by atoms with Gasteiger partial charge in [-0.05, 0) is 60.7 Å². The van der Waals surface area contributed by atoms with Crippen LogP contribution in [0, 0.1) is 10.2 Å². The van der Waals surface area contributed by atoms with Crippen molar-refractivity contribution in [1.29, 1.82) is 0 Å². The highest BCUT2D eigenvalue weighted by molar-refractivity contribution is 8.04. The van der Waals surface area contributed by atoms with Gasteiger partial charge in [-0.15, -0.1) is 10.2 Å². The number of rotatable bonds is 4. The molecule has 0 saturated heterocycles. The fourth-order valence-corrected chi connectivity index (χ4v) is 8.53. The van der Waals surface area contributed by atoms with E-state index in [4.69, 9.17) is 18.6 Å². The van der Waals surface area contributed by atoms with Crippen molar-refractivity contribution in [3.63, 3.8) is 0 Å². The van der Waals surface area contributed by atoms with Crippen molar-refractivity contribution in [2.24, 2.45) is 0 Å². The number of fused-ring (bicyclic) bond motifs is 2. The van der Waals surface area contributed by atoms with Gasteiger partial charge in [0.1, 0.15) is 10.9 Å². The summed E-state index contributed by atoms with van der Waals surface area (Å²) < 4.78 is 61.3. The Labute approximate surface area is 218 Å². The fourth-order valence-electron chi connectivity index (χ4n) is 3.58. The normalized spacial score (nSPS) is 13.1. The van der Waals surface area contributed by atoms with Crippen LogP contribution in [0.2, 0.25) is 0 Å². The Bertz CT molecular complexity index is 1390. The molecule has 4 aromatic rings.